The zero-order valence-electron chi connectivity index (χ0n) is 6.16. The molecule has 1 heterocycles. The average Bonchev–Trinajstić information content (AvgIpc) is 2.01. The van der Waals surface area contributed by atoms with Gasteiger partial charge in [-0.05, 0) is 24.1 Å². The number of pyridine rings is 1. The molecule has 0 aliphatic heterocycles. The third kappa shape index (κ3) is 2.37. The van der Waals surface area contributed by atoms with Gasteiger partial charge >= 0.3 is 0 Å². The standard InChI is InChI=1S/C8H10N2O/c9-8-6-7(2-1-5-11)3-4-10-8/h3-6H,1-2H2,(H2,9,10). The maximum absolute atomic E-state index is 10.0. The van der Waals surface area contributed by atoms with E-state index in [9.17, 15) is 4.79 Å². The first-order chi connectivity index (χ1) is 5.33. The van der Waals surface area contributed by atoms with Crippen molar-refractivity contribution in [3.05, 3.63) is 23.9 Å². The van der Waals surface area contributed by atoms with E-state index in [0.717, 1.165) is 18.3 Å². The molecule has 0 aromatic carbocycles. The highest BCUT2D eigenvalue weighted by atomic mass is 16.1. The Morgan fingerprint density at radius 1 is 1.64 bits per heavy atom. The molecule has 1 rings (SSSR count). The van der Waals surface area contributed by atoms with Crippen LogP contribution in [0.25, 0.3) is 0 Å². The Morgan fingerprint density at radius 3 is 3.09 bits per heavy atom. The topological polar surface area (TPSA) is 56.0 Å². The lowest BCUT2D eigenvalue weighted by atomic mass is 10.1. The second-order valence-electron chi connectivity index (χ2n) is 2.29. The van der Waals surface area contributed by atoms with Gasteiger partial charge in [0.25, 0.3) is 0 Å². The van der Waals surface area contributed by atoms with Crippen LogP contribution in [0.15, 0.2) is 18.3 Å². The van der Waals surface area contributed by atoms with Crippen molar-refractivity contribution in [1.82, 2.24) is 4.98 Å². The van der Waals surface area contributed by atoms with Crippen LogP contribution in [0.1, 0.15) is 12.0 Å². The van der Waals surface area contributed by atoms with Crippen molar-refractivity contribution in [2.75, 3.05) is 5.73 Å². The number of rotatable bonds is 3. The van der Waals surface area contributed by atoms with E-state index in [4.69, 9.17) is 5.73 Å². The van der Waals surface area contributed by atoms with Gasteiger partial charge in [0.15, 0.2) is 0 Å². The fraction of sp³-hybridized carbons (Fsp3) is 0.250. The van der Waals surface area contributed by atoms with Crippen molar-refractivity contribution in [3.8, 4) is 0 Å². The summed E-state index contributed by atoms with van der Waals surface area (Å²) in [7, 11) is 0. The number of hydrogen-bond donors (Lipinski definition) is 1. The van der Waals surface area contributed by atoms with E-state index in [0.29, 0.717) is 12.2 Å². The minimum absolute atomic E-state index is 0.508. The van der Waals surface area contributed by atoms with E-state index >= 15 is 0 Å². The Bertz CT molecular complexity index is 248. The number of carbonyl (C=O) groups excluding carboxylic acids is 1. The number of nitrogen functional groups attached to an aromatic ring is 1. The summed E-state index contributed by atoms with van der Waals surface area (Å²) in [5.41, 5.74) is 6.49. The van der Waals surface area contributed by atoms with Gasteiger partial charge < -0.3 is 10.5 Å². The fourth-order valence-corrected chi connectivity index (χ4v) is 0.875. The van der Waals surface area contributed by atoms with Crippen LogP contribution in [-0.4, -0.2) is 11.3 Å². The molecule has 0 bridgehead atoms. The van der Waals surface area contributed by atoms with Gasteiger partial charge in [-0.2, -0.15) is 0 Å². The van der Waals surface area contributed by atoms with Crippen LogP contribution < -0.4 is 5.73 Å². The first-order valence-corrected chi connectivity index (χ1v) is 3.47. The summed E-state index contributed by atoms with van der Waals surface area (Å²) in [4.78, 5) is 13.9. The van der Waals surface area contributed by atoms with Crippen molar-refractivity contribution in [2.45, 2.75) is 12.8 Å². The number of hydrogen-bond acceptors (Lipinski definition) is 3. The van der Waals surface area contributed by atoms with Crippen LogP contribution in [-0.2, 0) is 11.2 Å². The number of aryl methyl sites for hydroxylation is 1. The minimum Gasteiger partial charge on any atom is -0.384 e. The first kappa shape index (κ1) is 7.72. The second-order valence-corrected chi connectivity index (χ2v) is 2.29. The third-order valence-electron chi connectivity index (χ3n) is 1.40. The van der Waals surface area contributed by atoms with Crippen LogP contribution in [0, 0.1) is 0 Å². The molecule has 0 aliphatic carbocycles. The van der Waals surface area contributed by atoms with Gasteiger partial charge in [-0.25, -0.2) is 4.98 Å². The van der Waals surface area contributed by atoms with E-state index in [2.05, 4.69) is 4.98 Å². The summed E-state index contributed by atoms with van der Waals surface area (Å²) in [6.45, 7) is 0. The summed E-state index contributed by atoms with van der Waals surface area (Å²) >= 11 is 0. The maximum atomic E-state index is 10.0. The lowest BCUT2D eigenvalue weighted by Gasteiger charge is -1.96. The molecule has 0 spiro atoms. The molecule has 0 aliphatic rings. The van der Waals surface area contributed by atoms with Gasteiger partial charge in [-0.15, -0.1) is 0 Å². The fourth-order valence-electron chi connectivity index (χ4n) is 0.875. The molecule has 2 N–H and O–H groups in total. The molecule has 0 radical (unpaired) electrons. The van der Waals surface area contributed by atoms with Crippen LogP contribution >= 0.6 is 0 Å². The molecule has 58 valence electrons. The van der Waals surface area contributed by atoms with Crippen LogP contribution in [0.3, 0.4) is 0 Å². The predicted molar refractivity (Wildman–Crippen MR) is 43.0 cm³/mol. The molecule has 3 heteroatoms. The molecule has 0 saturated heterocycles. The van der Waals surface area contributed by atoms with Crippen LogP contribution in [0.4, 0.5) is 5.82 Å². The Hall–Kier alpha value is -1.38. The van der Waals surface area contributed by atoms with E-state index in [1.165, 1.54) is 0 Å². The van der Waals surface area contributed by atoms with Gasteiger partial charge in [0.1, 0.15) is 12.1 Å². The predicted octanol–water partition coefficient (Wildman–Crippen LogP) is 0.795. The van der Waals surface area contributed by atoms with E-state index in [-0.39, 0.29) is 0 Å². The number of aromatic nitrogens is 1. The number of anilines is 1. The van der Waals surface area contributed by atoms with Crippen LogP contribution in [0.5, 0.6) is 0 Å². The summed E-state index contributed by atoms with van der Waals surface area (Å²) in [5.74, 6) is 0.508. The second kappa shape index (κ2) is 3.71. The molecule has 0 amide bonds. The molecule has 0 atom stereocenters. The number of nitrogens with zero attached hydrogens (tertiary/aromatic N) is 1. The highest BCUT2D eigenvalue weighted by molar-refractivity contribution is 5.50. The highest BCUT2D eigenvalue weighted by Crippen LogP contribution is 2.04. The van der Waals surface area contributed by atoms with Gasteiger partial charge in [-0.1, -0.05) is 0 Å². The summed E-state index contributed by atoms with van der Waals surface area (Å²) in [6, 6.07) is 3.64. The van der Waals surface area contributed by atoms with Crippen LogP contribution in [0.2, 0.25) is 0 Å². The quantitative estimate of drug-likeness (QED) is 0.648. The third-order valence-corrected chi connectivity index (χ3v) is 1.40. The first-order valence-electron chi connectivity index (χ1n) is 3.47. The molecule has 0 saturated carbocycles. The van der Waals surface area contributed by atoms with Crippen molar-refractivity contribution in [3.63, 3.8) is 0 Å². The zero-order chi connectivity index (χ0) is 8.10. The lowest BCUT2D eigenvalue weighted by Crippen LogP contribution is -1.92. The molecule has 11 heavy (non-hydrogen) atoms. The molecule has 3 nitrogen and oxygen atoms in total. The summed E-state index contributed by atoms with van der Waals surface area (Å²) < 4.78 is 0. The molecular weight excluding hydrogens is 140 g/mol. The van der Waals surface area contributed by atoms with Crippen molar-refractivity contribution in [2.24, 2.45) is 0 Å². The molecule has 1 aromatic heterocycles. The molecule has 0 unspecified atom stereocenters. The molecule has 0 fully saturated rings. The van der Waals surface area contributed by atoms with Crippen molar-refractivity contribution in [1.29, 1.82) is 0 Å². The average molecular weight is 150 g/mol. The molecular formula is C8H10N2O. The Kier molecular flexibility index (Phi) is 2.60. The van der Waals surface area contributed by atoms with Crippen molar-refractivity contribution >= 4 is 12.1 Å². The Labute approximate surface area is 65.2 Å². The summed E-state index contributed by atoms with van der Waals surface area (Å²) in [5, 5.41) is 0. The highest BCUT2D eigenvalue weighted by Gasteiger charge is 1.92. The largest absolute Gasteiger partial charge is 0.384 e. The molecule has 1 aromatic rings. The van der Waals surface area contributed by atoms with E-state index in [1.54, 1.807) is 12.3 Å². The summed E-state index contributed by atoms with van der Waals surface area (Å²) in [6.07, 6.45) is 3.84. The Morgan fingerprint density at radius 2 is 2.45 bits per heavy atom. The number of nitrogens with two attached hydrogens (primary N) is 1. The van der Waals surface area contributed by atoms with Crippen molar-refractivity contribution < 1.29 is 4.79 Å². The zero-order valence-corrected chi connectivity index (χ0v) is 6.16. The maximum Gasteiger partial charge on any atom is 0.123 e. The number of carbonyl (C=O) groups is 1. The van der Waals surface area contributed by atoms with Gasteiger partial charge in [0.2, 0.25) is 0 Å². The van der Waals surface area contributed by atoms with Gasteiger partial charge in [0, 0.05) is 12.6 Å². The Balaban J connectivity index is 2.63. The lowest BCUT2D eigenvalue weighted by molar-refractivity contribution is -0.107. The van der Waals surface area contributed by atoms with E-state index in [1.807, 2.05) is 6.07 Å². The van der Waals surface area contributed by atoms with Gasteiger partial charge in [-0.3, -0.25) is 0 Å². The normalized spacial score (nSPS) is 9.45. The SMILES string of the molecule is Nc1cc(CCC=O)ccn1. The van der Waals surface area contributed by atoms with E-state index < -0.39 is 0 Å². The minimum atomic E-state index is 0.508. The van der Waals surface area contributed by atoms with Gasteiger partial charge in [0.05, 0.1) is 0 Å². The number of aldehydes is 1. The smallest absolute Gasteiger partial charge is 0.123 e. The monoisotopic (exact) mass is 150 g/mol.